The molecule has 1 saturated heterocycles. The molecule has 1 aliphatic carbocycles. The van der Waals surface area contributed by atoms with Gasteiger partial charge < -0.3 is 10.6 Å². The van der Waals surface area contributed by atoms with Crippen molar-refractivity contribution in [2.24, 2.45) is 0 Å². The summed E-state index contributed by atoms with van der Waals surface area (Å²) in [7, 11) is 1.34. The van der Waals surface area contributed by atoms with E-state index in [0.717, 1.165) is 19.4 Å². The predicted molar refractivity (Wildman–Crippen MR) is 114 cm³/mol. The number of nitrogens with one attached hydrogen (secondary N) is 2. The number of halogens is 5. The van der Waals surface area contributed by atoms with Crippen LogP contribution in [0.2, 0.25) is 5.15 Å². The summed E-state index contributed by atoms with van der Waals surface area (Å²) in [5.41, 5.74) is -0.673. The maximum Gasteiger partial charge on any atom is 0.421 e. The van der Waals surface area contributed by atoms with E-state index < -0.39 is 24.0 Å². The Hall–Kier alpha value is -2.14. The first-order chi connectivity index (χ1) is 15.3. The number of hydrogen-bond acceptors (Lipinski definition) is 6. The highest BCUT2D eigenvalue weighted by molar-refractivity contribution is 6.32. The average Bonchev–Trinajstić information content (AvgIpc) is 3.13. The van der Waals surface area contributed by atoms with Gasteiger partial charge in [0.15, 0.2) is 5.15 Å². The third-order valence-electron chi connectivity index (χ3n) is 6.26. The van der Waals surface area contributed by atoms with Crippen LogP contribution in [-0.4, -0.2) is 57.0 Å². The van der Waals surface area contributed by atoms with Crippen LogP contribution in [0.25, 0.3) is 0 Å². The van der Waals surface area contributed by atoms with E-state index in [-0.39, 0.29) is 16.9 Å². The predicted octanol–water partition coefficient (Wildman–Crippen LogP) is 5.05. The van der Waals surface area contributed by atoms with Gasteiger partial charge in [0, 0.05) is 32.4 Å². The van der Waals surface area contributed by atoms with Crippen molar-refractivity contribution in [3.63, 3.8) is 0 Å². The van der Waals surface area contributed by atoms with Crippen molar-refractivity contribution in [1.29, 1.82) is 0 Å². The normalized spacial score (nSPS) is 23.3. The van der Waals surface area contributed by atoms with E-state index in [1.807, 2.05) is 0 Å². The van der Waals surface area contributed by atoms with E-state index in [4.69, 9.17) is 11.6 Å². The maximum absolute atomic E-state index is 15.1. The second kappa shape index (κ2) is 9.38. The number of anilines is 3. The topological polar surface area (TPSA) is 70.9 Å². The number of alkyl halides is 4. The molecule has 0 spiro atoms. The first-order valence-electron chi connectivity index (χ1n) is 10.8. The van der Waals surface area contributed by atoms with Crippen molar-refractivity contribution in [2.45, 2.75) is 63.0 Å². The second-order valence-corrected chi connectivity index (χ2v) is 8.64. The Balaban J connectivity index is 1.46. The van der Waals surface area contributed by atoms with Gasteiger partial charge >= 0.3 is 6.18 Å². The van der Waals surface area contributed by atoms with Crippen molar-refractivity contribution in [2.75, 3.05) is 30.8 Å². The molecule has 3 heterocycles. The van der Waals surface area contributed by atoms with Crippen LogP contribution >= 0.6 is 11.6 Å². The highest BCUT2D eigenvalue weighted by Gasteiger charge is 2.36. The maximum atomic E-state index is 15.1. The largest absolute Gasteiger partial charge is 0.421 e. The smallest absolute Gasteiger partial charge is 0.372 e. The fourth-order valence-electron chi connectivity index (χ4n) is 4.59. The van der Waals surface area contributed by atoms with E-state index in [9.17, 15) is 13.2 Å². The fourth-order valence-corrected chi connectivity index (χ4v) is 4.86. The molecule has 1 saturated carbocycles. The lowest BCUT2D eigenvalue weighted by Gasteiger charge is -2.41. The number of likely N-dealkylation sites (tertiary alicyclic amines) is 1. The van der Waals surface area contributed by atoms with Crippen LogP contribution in [-0.2, 0) is 6.18 Å². The Labute approximate surface area is 188 Å². The molecular weight excluding hydrogens is 450 g/mol. The zero-order chi connectivity index (χ0) is 22.9. The van der Waals surface area contributed by atoms with Crippen LogP contribution < -0.4 is 10.6 Å². The fraction of sp³-hybridized carbons (Fsp3) is 0.650. The van der Waals surface area contributed by atoms with E-state index in [1.165, 1.54) is 37.2 Å². The summed E-state index contributed by atoms with van der Waals surface area (Å²) in [6.07, 6.45) is 2.87. The molecule has 0 radical (unpaired) electrons. The van der Waals surface area contributed by atoms with Crippen molar-refractivity contribution >= 4 is 29.1 Å². The molecule has 4 rings (SSSR count). The molecule has 0 unspecified atom stereocenters. The summed E-state index contributed by atoms with van der Waals surface area (Å²) in [5.74, 6) is -0.440. The summed E-state index contributed by atoms with van der Waals surface area (Å²) in [6, 6.07) is -0.0502. The van der Waals surface area contributed by atoms with E-state index >= 15 is 4.39 Å². The molecule has 7 nitrogen and oxygen atoms in total. The van der Waals surface area contributed by atoms with Crippen LogP contribution in [0.3, 0.4) is 0 Å². The molecule has 0 bridgehead atoms. The highest BCUT2D eigenvalue weighted by atomic mass is 35.5. The molecule has 32 heavy (non-hydrogen) atoms. The first kappa shape index (κ1) is 23.0. The number of nitrogens with zero attached hydrogens (tertiary/aromatic N) is 5. The van der Waals surface area contributed by atoms with Gasteiger partial charge in [-0.1, -0.05) is 30.9 Å². The summed E-state index contributed by atoms with van der Waals surface area (Å²) in [4.78, 5) is 9.83. The number of piperidine rings is 1. The number of hydrogen-bond donors (Lipinski definition) is 2. The lowest BCUT2D eigenvalue weighted by Crippen LogP contribution is -2.48. The Morgan fingerprint density at radius 3 is 2.53 bits per heavy atom. The molecule has 0 aromatic carbocycles. The Kier molecular flexibility index (Phi) is 6.75. The third-order valence-corrected chi connectivity index (χ3v) is 6.63. The molecule has 2 aliphatic rings. The SMILES string of the molecule is CNc1nc(Nc2cnn([C@@H]3CCN(C4CCCCC4)C[C@H]3F)c2Cl)ncc1C(F)(F)F. The zero-order valence-corrected chi connectivity index (χ0v) is 18.4. The molecule has 176 valence electrons. The van der Waals surface area contributed by atoms with Gasteiger partial charge in [0.2, 0.25) is 5.95 Å². The van der Waals surface area contributed by atoms with E-state index in [1.54, 1.807) is 0 Å². The minimum absolute atomic E-state index is 0.0762. The van der Waals surface area contributed by atoms with Crippen LogP contribution in [0.5, 0.6) is 0 Å². The molecule has 2 fully saturated rings. The number of rotatable bonds is 5. The van der Waals surface area contributed by atoms with Gasteiger partial charge in [0.1, 0.15) is 17.6 Å². The Morgan fingerprint density at radius 2 is 1.88 bits per heavy atom. The summed E-state index contributed by atoms with van der Waals surface area (Å²) in [5, 5.41) is 9.60. The lowest BCUT2D eigenvalue weighted by molar-refractivity contribution is -0.137. The summed E-state index contributed by atoms with van der Waals surface area (Å²) >= 11 is 6.44. The molecule has 1 aliphatic heterocycles. The standard InChI is InChI=1S/C20H26ClF4N7/c1-26-18-13(20(23,24)25)9-27-19(30-18)29-15-10-28-32(17(15)21)16-7-8-31(11-14(16)22)12-5-3-2-4-6-12/h9-10,12,14,16H,2-8,11H2,1H3,(H2,26,27,29,30)/t14-,16-/m1/s1. The quantitative estimate of drug-likeness (QED) is 0.590. The Bertz CT molecular complexity index is 929. The first-order valence-corrected chi connectivity index (χ1v) is 11.2. The average molecular weight is 476 g/mol. The molecule has 2 aromatic rings. The van der Waals surface area contributed by atoms with Crippen LogP contribution in [0.1, 0.15) is 50.1 Å². The van der Waals surface area contributed by atoms with Gasteiger partial charge in [-0.05, 0) is 19.3 Å². The third kappa shape index (κ3) is 4.78. The van der Waals surface area contributed by atoms with Crippen molar-refractivity contribution in [3.05, 3.63) is 23.1 Å². The number of aromatic nitrogens is 4. The monoisotopic (exact) mass is 475 g/mol. The van der Waals surface area contributed by atoms with Gasteiger partial charge in [-0.2, -0.15) is 23.3 Å². The summed E-state index contributed by atoms with van der Waals surface area (Å²) < 4.78 is 55.6. The highest BCUT2D eigenvalue weighted by Crippen LogP contribution is 2.36. The van der Waals surface area contributed by atoms with Gasteiger partial charge in [-0.25, -0.2) is 14.1 Å². The van der Waals surface area contributed by atoms with Gasteiger partial charge in [-0.3, -0.25) is 4.90 Å². The molecule has 12 heteroatoms. The van der Waals surface area contributed by atoms with Crippen molar-refractivity contribution < 1.29 is 17.6 Å². The lowest BCUT2D eigenvalue weighted by atomic mass is 9.91. The molecule has 2 aromatic heterocycles. The van der Waals surface area contributed by atoms with Crippen LogP contribution in [0.15, 0.2) is 12.4 Å². The van der Waals surface area contributed by atoms with Gasteiger partial charge in [-0.15, -0.1) is 0 Å². The van der Waals surface area contributed by atoms with E-state index in [0.29, 0.717) is 30.9 Å². The summed E-state index contributed by atoms with van der Waals surface area (Å²) in [6.45, 7) is 1.13. The minimum atomic E-state index is -4.58. The van der Waals surface area contributed by atoms with E-state index in [2.05, 4.69) is 30.6 Å². The molecule has 2 N–H and O–H groups in total. The van der Waals surface area contributed by atoms with Gasteiger partial charge in [0.25, 0.3) is 0 Å². The zero-order valence-electron chi connectivity index (χ0n) is 17.7. The van der Waals surface area contributed by atoms with Crippen molar-refractivity contribution in [1.82, 2.24) is 24.6 Å². The Morgan fingerprint density at radius 1 is 1.12 bits per heavy atom. The molecule has 2 atom stereocenters. The minimum Gasteiger partial charge on any atom is -0.372 e. The molecule has 0 amide bonds. The van der Waals surface area contributed by atoms with Crippen molar-refractivity contribution in [3.8, 4) is 0 Å². The van der Waals surface area contributed by atoms with Crippen LogP contribution in [0, 0.1) is 0 Å². The van der Waals surface area contributed by atoms with Crippen LogP contribution in [0.4, 0.5) is 35.0 Å². The van der Waals surface area contributed by atoms with Gasteiger partial charge in [0.05, 0.1) is 17.9 Å². The molecular formula is C20H26ClF4N7. The second-order valence-electron chi connectivity index (χ2n) is 8.28.